The first-order valence-electron chi connectivity index (χ1n) is 6.31. The van der Waals surface area contributed by atoms with Gasteiger partial charge in [-0.3, -0.25) is 4.79 Å². The Bertz CT molecular complexity index is 418. The van der Waals surface area contributed by atoms with Crippen LogP contribution in [0.5, 0.6) is 0 Å². The van der Waals surface area contributed by atoms with Crippen LogP contribution in [0, 0.1) is 11.7 Å². The number of hydrogen-bond donors (Lipinski definition) is 1. The van der Waals surface area contributed by atoms with E-state index in [4.69, 9.17) is 5.73 Å². The molecular formula is C14H19FN2O. The van der Waals surface area contributed by atoms with E-state index in [2.05, 4.69) is 0 Å². The molecule has 0 radical (unpaired) electrons. The normalized spacial score (nSPS) is 23.1. The molecule has 1 aliphatic carbocycles. The number of nitrogens with two attached hydrogens (primary N) is 1. The number of carbonyl (C=O) groups excluding carboxylic acids is 1. The molecule has 2 atom stereocenters. The molecular weight excluding hydrogens is 231 g/mol. The highest BCUT2D eigenvalue weighted by atomic mass is 19.1. The van der Waals surface area contributed by atoms with Crippen LogP contribution in [0.15, 0.2) is 24.3 Å². The van der Waals surface area contributed by atoms with Crippen LogP contribution in [0.4, 0.5) is 4.39 Å². The number of halogens is 1. The third-order valence-electron chi connectivity index (χ3n) is 3.53. The second kappa shape index (κ2) is 5.48. The van der Waals surface area contributed by atoms with E-state index in [0.717, 1.165) is 24.8 Å². The molecule has 0 heterocycles. The van der Waals surface area contributed by atoms with Gasteiger partial charge in [0.2, 0.25) is 5.91 Å². The van der Waals surface area contributed by atoms with Gasteiger partial charge in [-0.2, -0.15) is 0 Å². The lowest BCUT2D eigenvalue weighted by molar-refractivity contribution is -0.134. The maximum Gasteiger partial charge on any atom is 0.225 e. The van der Waals surface area contributed by atoms with Crippen molar-refractivity contribution in [1.82, 2.24) is 4.90 Å². The summed E-state index contributed by atoms with van der Waals surface area (Å²) >= 11 is 0. The Morgan fingerprint density at radius 1 is 1.39 bits per heavy atom. The highest BCUT2D eigenvalue weighted by Crippen LogP contribution is 2.26. The average Bonchev–Trinajstić information content (AvgIpc) is 2.78. The van der Waals surface area contributed by atoms with E-state index >= 15 is 0 Å². The van der Waals surface area contributed by atoms with Crippen LogP contribution in [-0.2, 0) is 11.3 Å². The summed E-state index contributed by atoms with van der Waals surface area (Å²) in [7, 11) is 1.79. The largest absolute Gasteiger partial charge is 0.341 e. The lowest BCUT2D eigenvalue weighted by Crippen LogP contribution is -2.32. The van der Waals surface area contributed by atoms with Gasteiger partial charge in [-0.25, -0.2) is 4.39 Å². The van der Waals surface area contributed by atoms with Gasteiger partial charge in [0.1, 0.15) is 5.82 Å². The number of nitrogens with zero attached hydrogens (tertiary/aromatic N) is 1. The van der Waals surface area contributed by atoms with E-state index in [1.807, 2.05) is 0 Å². The summed E-state index contributed by atoms with van der Waals surface area (Å²) in [5.41, 5.74) is 6.76. The predicted octanol–water partition coefficient (Wildman–Crippen LogP) is 1.91. The third kappa shape index (κ3) is 3.07. The summed E-state index contributed by atoms with van der Waals surface area (Å²) in [6, 6.07) is 6.41. The van der Waals surface area contributed by atoms with Crippen molar-refractivity contribution in [2.24, 2.45) is 11.7 Å². The molecule has 2 rings (SSSR count). The van der Waals surface area contributed by atoms with Gasteiger partial charge in [-0.15, -0.1) is 0 Å². The number of hydrogen-bond acceptors (Lipinski definition) is 2. The molecule has 1 aliphatic rings. The molecule has 98 valence electrons. The van der Waals surface area contributed by atoms with Crippen LogP contribution < -0.4 is 5.73 Å². The van der Waals surface area contributed by atoms with Crippen LogP contribution in [0.25, 0.3) is 0 Å². The molecule has 2 unspecified atom stereocenters. The van der Waals surface area contributed by atoms with E-state index < -0.39 is 0 Å². The van der Waals surface area contributed by atoms with Crippen molar-refractivity contribution in [2.75, 3.05) is 7.05 Å². The van der Waals surface area contributed by atoms with Crippen LogP contribution in [-0.4, -0.2) is 23.9 Å². The Hall–Kier alpha value is -1.42. The molecule has 1 aromatic carbocycles. The molecule has 1 fully saturated rings. The number of rotatable bonds is 3. The predicted molar refractivity (Wildman–Crippen MR) is 68.2 cm³/mol. The highest BCUT2D eigenvalue weighted by molar-refractivity contribution is 5.78. The second-order valence-electron chi connectivity index (χ2n) is 5.09. The van der Waals surface area contributed by atoms with Gasteiger partial charge in [0.05, 0.1) is 0 Å². The van der Waals surface area contributed by atoms with Gasteiger partial charge in [0.25, 0.3) is 0 Å². The van der Waals surface area contributed by atoms with E-state index in [1.54, 1.807) is 24.1 Å². The summed E-state index contributed by atoms with van der Waals surface area (Å²) in [5, 5.41) is 0. The maximum atomic E-state index is 12.8. The van der Waals surface area contributed by atoms with Crippen molar-refractivity contribution in [3.05, 3.63) is 35.6 Å². The minimum atomic E-state index is -0.255. The molecule has 0 bridgehead atoms. The van der Waals surface area contributed by atoms with Crippen molar-refractivity contribution >= 4 is 5.91 Å². The quantitative estimate of drug-likeness (QED) is 0.890. The number of benzene rings is 1. The second-order valence-corrected chi connectivity index (χ2v) is 5.09. The first kappa shape index (κ1) is 13.0. The van der Waals surface area contributed by atoms with E-state index in [-0.39, 0.29) is 23.7 Å². The zero-order valence-electron chi connectivity index (χ0n) is 10.6. The van der Waals surface area contributed by atoms with Gasteiger partial charge >= 0.3 is 0 Å². The number of carbonyl (C=O) groups is 1. The van der Waals surface area contributed by atoms with Gasteiger partial charge in [0, 0.05) is 25.6 Å². The molecule has 4 heteroatoms. The van der Waals surface area contributed by atoms with Crippen molar-refractivity contribution in [1.29, 1.82) is 0 Å². The van der Waals surface area contributed by atoms with Crippen LogP contribution in [0.1, 0.15) is 24.8 Å². The maximum absolute atomic E-state index is 12.8. The van der Waals surface area contributed by atoms with Crippen LogP contribution in [0.2, 0.25) is 0 Å². The summed E-state index contributed by atoms with van der Waals surface area (Å²) < 4.78 is 12.8. The zero-order chi connectivity index (χ0) is 13.1. The SMILES string of the molecule is CN(Cc1ccc(F)cc1)C(=O)C1CCC(N)C1. The lowest BCUT2D eigenvalue weighted by atomic mass is 10.1. The van der Waals surface area contributed by atoms with Crippen molar-refractivity contribution < 1.29 is 9.18 Å². The smallest absolute Gasteiger partial charge is 0.225 e. The van der Waals surface area contributed by atoms with Crippen molar-refractivity contribution in [3.8, 4) is 0 Å². The van der Waals surface area contributed by atoms with Gasteiger partial charge in [-0.1, -0.05) is 12.1 Å². The van der Waals surface area contributed by atoms with Crippen LogP contribution >= 0.6 is 0 Å². The van der Waals surface area contributed by atoms with Crippen molar-refractivity contribution in [3.63, 3.8) is 0 Å². The van der Waals surface area contributed by atoms with E-state index in [9.17, 15) is 9.18 Å². The molecule has 3 nitrogen and oxygen atoms in total. The van der Waals surface area contributed by atoms with E-state index in [1.165, 1.54) is 12.1 Å². The molecule has 0 aliphatic heterocycles. The highest BCUT2D eigenvalue weighted by Gasteiger charge is 2.29. The van der Waals surface area contributed by atoms with Crippen LogP contribution in [0.3, 0.4) is 0 Å². The van der Waals surface area contributed by atoms with Gasteiger partial charge in [0.15, 0.2) is 0 Å². The monoisotopic (exact) mass is 250 g/mol. The molecule has 1 saturated carbocycles. The molecule has 18 heavy (non-hydrogen) atoms. The molecule has 0 spiro atoms. The molecule has 1 aromatic rings. The lowest BCUT2D eigenvalue weighted by Gasteiger charge is -2.21. The molecule has 2 N–H and O–H groups in total. The fraction of sp³-hybridized carbons (Fsp3) is 0.500. The fourth-order valence-corrected chi connectivity index (χ4v) is 2.49. The fourth-order valence-electron chi connectivity index (χ4n) is 2.49. The zero-order valence-corrected chi connectivity index (χ0v) is 10.6. The Labute approximate surface area is 107 Å². The Morgan fingerprint density at radius 3 is 2.61 bits per heavy atom. The van der Waals surface area contributed by atoms with Crippen molar-refractivity contribution in [2.45, 2.75) is 31.8 Å². The van der Waals surface area contributed by atoms with Gasteiger partial charge < -0.3 is 10.6 Å². The number of amides is 1. The Morgan fingerprint density at radius 2 is 2.06 bits per heavy atom. The molecule has 1 amide bonds. The third-order valence-corrected chi connectivity index (χ3v) is 3.53. The molecule has 0 saturated heterocycles. The first-order chi connectivity index (χ1) is 8.56. The summed E-state index contributed by atoms with van der Waals surface area (Å²) in [6.45, 7) is 0.519. The average molecular weight is 250 g/mol. The van der Waals surface area contributed by atoms with Gasteiger partial charge in [-0.05, 0) is 37.0 Å². The Balaban J connectivity index is 1.93. The summed E-state index contributed by atoms with van der Waals surface area (Å²) in [6.07, 6.45) is 2.60. The minimum absolute atomic E-state index is 0.0606. The first-order valence-corrected chi connectivity index (χ1v) is 6.31. The van der Waals surface area contributed by atoms with E-state index in [0.29, 0.717) is 6.54 Å². The topological polar surface area (TPSA) is 46.3 Å². The summed E-state index contributed by atoms with van der Waals surface area (Å²) in [4.78, 5) is 13.9. The minimum Gasteiger partial charge on any atom is -0.341 e. The Kier molecular flexibility index (Phi) is 3.97. The summed E-state index contributed by atoms with van der Waals surface area (Å²) in [5.74, 6) is -0.0489. The molecule has 0 aromatic heterocycles. The standard InChI is InChI=1S/C14H19FN2O/c1-17(9-10-2-5-12(15)6-3-10)14(18)11-4-7-13(16)8-11/h2-3,5-6,11,13H,4,7-9,16H2,1H3.